The highest BCUT2D eigenvalue weighted by Gasteiger charge is 2.31. The molecule has 0 radical (unpaired) electrons. The monoisotopic (exact) mass is 448 g/mol. The van der Waals surface area contributed by atoms with Gasteiger partial charge in [0.1, 0.15) is 23.8 Å². The molecule has 1 saturated heterocycles. The Morgan fingerprint density at radius 1 is 1.06 bits per heavy atom. The third-order valence-corrected chi connectivity index (χ3v) is 7.77. The van der Waals surface area contributed by atoms with Gasteiger partial charge in [0.15, 0.2) is 4.90 Å². The molecule has 1 aromatic carbocycles. The molecule has 3 aromatic rings. The lowest BCUT2D eigenvalue weighted by molar-refractivity contribution is 0.240. The molecule has 1 aliphatic carbocycles. The summed E-state index contributed by atoms with van der Waals surface area (Å²) >= 11 is -0.949. The van der Waals surface area contributed by atoms with E-state index < -0.39 is 11.2 Å². The van der Waals surface area contributed by atoms with Crippen molar-refractivity contribution in [3.63, 3.8) is 0 Å². The largest absolute Gasteiger partial charge is 0.612 e. The number of fused-ring (bicyclic) bond motifs is 1. The predicted molar refractivity (Wildman–Crippen MR) is 129 cm³/mol. The molecule has 5 rings (SSSR count). The maximum atomic E-state index is 11.6. The molecule has 8 heteroatoms. The molecule has 0 bridgehead atoms. The van der Waals surface area contributed by atoms with Crippen LogP contribution in [-0.2, 0) is 11.2 Å². The van der Waals surface area contributed by atoms with Gasteiger partial charge < -0.3 is 24.2 Å². The highest BCUT2D eigenvalue weighted by Crippen LogP contribution is 2.36. The Labute approximate surface area is 191 Å². The molecule has 32 heavy (non-hydrogen) atoms. The number of hydrogen-bond acceptors (Lipinski definition) is 6. The van der Waals surface area contributed by atoms with Crippen LogP contribution in [0.15, 0.2) is 47.5 Å². The van der Waals surface area contributed by atoms with Gasteiger partial charge in [-0.15, -0.1) is 0 Å². The van der Waals surface area contributed by atoms with Crippen molar-refractivity contribution >= 4 is 33.7 Å². The molecule has 166 valence electrons. The minimum Gasteiger partial charge on any atom is -0.612 e. The highest BCUT2D eigenvalue weighted by atomic mass is 32.2. The first-order valence-electron chi connectivity index (χ1n) is 11.1. The Bertz CT molecular complexity index is 1140. The fourth-order valence-electron chi connectivity index (χ4n) is 4.75. The Morgan fingerprint density at radius 3 is 2.38 bits per heavy atom. The second kappa shape index (κ2) is 8.66. The van der Waals surface area contributed by atoms with Crippen molar-refractivity contribution in [2.45, 2.75) is 29.8 Å². The molecule has 1 atom stereocenters. The number of nitriles is 1. The lowest BCUT2D eigenvalue weighted by Crippen LogP contribution is -2.46. The van der Waals surface area contributed by atoms with Crippen LogP contribution >= 0.6 is 0 Å². The molecule has 1 N–H and O–H groups in total. The van der Waals surface area contributed by atoms with Crippen LogP contribution in [-0.4, -0.2) is 59.6 Å². The molecular weight excluding hydrogens is 420 g/mol. The molecule has 2 aliphatic rings. The lowest BCUT2D eigenvalue weighted by atomic mass is 9.87. The van der Waals surface area contributed by atoms with E-state index in [1.54, 1.807) is 6.26 Å². The molecule has 1 aliphatic heterocycles. The van der Waals surface area contributed by atoms with Crippen LogP contribution in [0.5, 0.6) is 0 Å². The van der Waals surface area contributed by atoms with Gasteiger partial charge in [-0.3, -0.25) is 0 Å². The molecule has 0 amide bonds. The highest BCUT2D eigenvalue weighted by molar-refractivity contribution is 7.90. The van der Waals surface area contributed by atoms with E-state index in [4.69, 9.17) is 4.98 Å². The van der Waals surface area contributed by atoms with E-state index in [0.717, 1.165) is 60.8 Å². The van der Waals surface area contributed by atoms with Crippen LogP contribution in [0.4, 0.5) is 11.5 Å². The van der Waals surface area contributed by atoms with E-state index in [1.165, 1.54) is 5.69 Å². The fraction of sp³-hybridized carbons (Fsp3) is 0.417. The van der Waals surface area contributed by atoms with Crippen molar-refractivity contribution in [1.82, 2.24) is 14.9 Å². The molecule has 2 aromatic heterocycles. The van der Waals surface area contributed by atoms with E-state index >= 15 is 0 Å². The van der Waals surface area contributed by atoms with Crippen LogP contribution in [0.25, 0.3) is 11.0 Å². The van der Waals surface area contributed by atoms with Crippen LogP contribution in [0.3, 0.4) is 0 Å². The summed E-state index contributed by atoms with van der Waals surface area (Å²) in [5.74, 6) is 0.974. The van der Waals surface area contributed by atoms with Crippen LogP contribution in [0.2, 0.25) is 0 Å². The maximum absolute atomic E-state index is 11.6. The Hall–Kier alpha value is -2.73. The maximum Gasteiger partial charge on any atom is 0.152 e. The first-order chi connectivity index (χ1) is 15.6. The summed E-state index contributed by atoms with van der Waals surface area (Å²) in [6.07, 6.45) is 5.82. The van der Waals surface area contributed by atoms with Gasteiger partial charge in [0, 0.05) is 55.5 Å². The van der Waals surface area contributed by atoms with Gasteiger partial charge in [0.2, 0.25) is 0 Å². The van der Waals surface area contributed by atoms with Crippen molar-refractivity contribution < 1.29 is 4.55 Å². The van der Waals surface area contributed by atoms with Gasteiger partial charge in [-0.25, -0.2) is 4.98 Å². The topological polar surface area (TPSA) is 83.2 Å². The van der Waals surface area contributed by atoms with Gasteiger partial charge in [-0.2, -0.15) is 5.26 Å². The Kier molecular flexibility index (Phi) is 5.72. The number of rotatable bonds is 5. The SMILES string of the molecule is CN[C@H]1C[C@H](n2cc(C#N)c3ccc(N4CCN(c5ccc([S@@+](C)[O-])cc5)CC4)nc32)C1. The van der Waals surface area contributed by atoms with E-state index in [9.17, 15) is 9.81 Å². The van der Waals surface area contributed by atoms with E-state index in [2.05, 4.69) is 44.0 Å². The summed E-state index contributed by atoms with van der Waals surface area (Å²) in [4.78, 5) is 10.6. The Balaban J connectivity index is 1.33. The van der Waals surface area contributed by atoms with E-state index in [1.807, 2.05) is 31.4 Å². The summed E-state index contributed by atoms with van der Waals surface area (Å²) in [7, 11) is 2.00. The molecular formula is C24H28N6OS. The lowest BCUT2D eigenvalue weighted by Gasteiger charge is -2.37. The molecule has 0 spiro atoms. The van der Waals surface area contributed by atoms with Crippen molar-refractivity contribution in [3.8, 4) is 6.07 Å². The van der Waals surface area contributed by atoms with Crippen LogP contribution in [0, 0.1) is 11.3 Å². The number of hydrogen-bond donors (Lipinski definition) is 1. The number of benzene rings is 1. The van der Waals surface area contributed by atoms with Crippen LogP contribution < -0.4 is 15.1 Å². The Morgan fingerprint density at radius 2 is 1.75 bits per heavy atom. The zero-order chi connectivity index (χ0) is 22.2. The third kappa shape index (κ3) is 3.81. The molecule has 0 unspecified atom stereocenters. The number of pyridine rings is 1. The number of nitrogens with one attached hydrogen (secondary N) is 1. The second-order valence-electron chi connectivity index (χ2n) is 8.64. The zero-order valence-corrected chi connectivity index (χ0v) is 19.3. The normalized spacial score (nSPS) is 21.9. The van der Waals surface area contributed by atoms with Crippen LogP contribution in [0.1, 0.15) is 24.4 Å². The number of piperazine rings is 1. The average Bonchev–Trinajstić information content (AvgIpc) is 3.16. The summed E-state index contributed by atoms with van der Waals surface area (Å²) in [5, 5.41) is 13.9. The van der Waals surface area contributed by atoms with Crippen molar-refractivity contribution in [2.24, 2.45) is 0 Å². The van der Waals surface area contributed by atoms with E-state index in [0.29, 0.717) is 17.6 Å². The first kappa shape index (κ1) is 21.1. The average molecular weight is 449 g/mol. The zero-order valence-electron chi connectivity index (χ0n) is 18.5. The van der Waals surface area contributed by atoms with E-state index in [-0.39, 0.29) is 0 Å². The van der Waals surface area contributed by atoms with Gasteiger partial charge in [0.25, 0.3) is 0 Å². The quantitative estimate of drug-likeness (QED) is 0.605. The third-order valence-electron chi connectivity index (χ3n) is 6.84. The molecule has 3 heterocycles. The summed E-state index contributed by atoms with van der Waals surface area (Å²) in [5.41, 5.74) is 2.79. The molecule has 2 fully saturated rings. The number of anilines is 2. The first-order valence-corrected chi connectivity index (χ1v) is 12.7. The van der Waals surface area contributed by atoms with Gasteiger partial charge in [-0.05, 0) is 67.5 Å². The summed E-state index contributed by atoms with van der Waals surface area (Å²) in [6, 6.07) is 15.4. The van der Waals surface area contributed by atoms with Crippen molar-refractivity contribution in [2.75, 3.05) is 49.3 Å². The van der Waals surface area contributed by atoms with Gasteiger partial charge in [0.05, 0.1) is 5.56 Å². The minimum atomic E-state index is -0.949. The van der Waals surface area contributed by atoms with Crippen molar-refractivity contribution in [3.05, 3.63) is 48.2 Å². The molecule has 7 nitrogen and oxygen atoms in total. The molecule has 1 saturated carbocycles. The second-order valence-corrected chi connectivity index (χ2v) is 10.0. The summed E-state index contributed by atoms with van der Waals surface area (Å²) in [6.45, 7) is 3.59. The number of aromatic nitrogens is 2. The van der Waals surface area contributed by atoms with Gasteiger partial charge >= 0.3 is 0 Å². The minimum absolute atomic E-state index is 0.400. The van der Waals surface area contributed by atoms with Crippen molar-refractivity contribution in [1.29, 1.82) is 5.26 Å². The predicted octanol–water partition coefficient (Wildman–Crippen LogP) is 2.89. The fourth-order valence-corrected chi connectivity index (χ4v) is 5.27. The smallest absolute Gasteiger partial charge is 0.152 e. The standard InChI is InChI=1S/C24H28N6OS/c1-26-18-13-20(14-18)30-16-17(15-25)22-7-8-23(27-24(22)30)29-11-9-28(10-12-29)19-3-5-21(6-4-19)32(2)31/h3-8,16,18,20,26H,9-14H2,1-2H3/t18-,20-,32-/m1/s1. The number of nitrogens with zero attached hydrogens (tertiary/aromatic N) is 5. The van der Waals surface area contributed by atoms with Gasteiger partial charge in [-0.1, -0.05) is 0 Å². The summed E-state index contributed by atoms with van der Waals surface area (Å²) < 4.78 is 13.8.